The zero-order valence-corrected chi connectivity index (χ0v) is 14.7. The van der Waals surface area contributed by atoms with E-state index in [-0.39, 0.29) is 0 Å². The Morgan fingerprint density at radius 1 is 1.13 bits per heavy atom. The summed E-state index contributed by atoms with van der Waals surface area (Å²) in [5.41, 5.74) is 3.34. The van der Waals surface area contributed by atoms with E-state index in [1.807, 2.05) is 56.5 Å². The van der Waals surface area contributed by atoms with E-state index < -0.39 is 0 Å². The van der Waals surface area contributed by atoms with Crippen molar-refractivity contribution in [2.45, 2.75) is 45.4 Å². The first kappa shape index (κ1) is 19.4. The van der Waals surface area contributed by atoms with Gasteiger partial charge in [-0.25, -0.2) is 0 Å². The van der Waals surface area contributed by atoms with Crippen molar-refractivity contribution in [2.75, 3.05) is 12.4 Å². The summed E-state index contributed by atoms with van der Waals surface area (Å²) in [4.78, 5) is 0. The zero-order chi connectivity index (χ0) is 16.9. The third kappa shape index (κ3) is 7.92. The SMILES string of the molecule is CNc1ccccc1.[B]C(=C/C)/C=C(\C=C)C1CCCCCC1. The van der Waals surface area contributed by atoms with Crippen molar-refractivity contribution >= 4 is 13.5 Å². The molecule has 1 aliphatic carbocycles. The van der Waals surface area contributed by atoms with Crippen LogP contribution in [0.5, 0.6) is 0 Å². The van der Waals surface area contributed by atoms with E-state index in [1.165, 1.54) is 44.1 Å². The Kier molecular flexibility index (Phi) is 9.94. The van der Waals surface area contributed by atoms with Crippen LogP contribution in [-0.4, -0.2) is 14.9 Å². The molecular formula is C21H30BN. The highest BCUT2D eigenvalue weighted by atomic mass is 14.8. The summed E-state index contributed by atoms with van der Waals surface area (Å²) in [7, 11) is 7.74. The van der Waals surface area contributed by atoms with Crippen LogP contribution in [0.2, 0.25) is 0 Å². The Hall–Kier alpha value is -1.70. The van der Waals surface area contributed by atoms with E-state index in [1.54, 1.807) is 0 Å². The fourth-order valence-corrected chi connectivity index (χ4v) is 2.84. The molecule has 0 amide bonds. The average molecular weight is 307 g/mol. The predicted molar refractivity (Wildman–Crippen MR) is 105 cm³/mol. The number of hydrogen-bond acceptors (Lipinski definition) is 1. The number of hydrogen-bond donors (Lipinski definition) is 1. The molecule has 23 heavy (non-hydrogen) atoms. The van der Waals surface area contributed by atoms with Crippen molar-refractivity contribution in [3.63, 3.8) is 0 Å². The fourth-order valence-electron chi connectivity index (χ4n) is 2.84. The van der Waals surface area contributed by atoms with Gasteiger partial charge in [-0.1, -0.05) is 68.7 Å². The minimum atomic E-state index is 0.684. The fraction of sp³-hybridized carbons (Fsp3) is 0.429. The second-order valence-electron chi connectivity index (χ2n) is 5.94. The summed E-state index contributed by atoms with van der Waals surface area (Å²) in [6.45, 7) is 5.87. The standard InChI is InChI=1S/C14H21B.C7H9N/c1-3-12(11-14(15)4-2)13-9-7-5-6-8-10-13;1-8-7-5-3-2-4-6-7/h3-4,11,13H,1,5-10H2,2H3;2-6,8H,1H3/b12-11+,14-4+;. The molecule has 2 heteroatoms. The first-order chi connectivity index (χ1) is 11.2. The van der Waals surface area contributed by atoms with E-state index in [0.29, 0.717) is 5.92 Å². The molecule has 1 N–H and O–H groups in total. The van der Waals surface area contributed by atoms with Gasteiger partial charge in [-0.05, 0) is 43.4 Å². The van der Waals surface area contributed by atoms with Crippen LogP contribution in [0.15, 0.2) is 66.2 Å². The Bertz CT molecular complexity index is 494. The molecule has 2 radical (unpaired) electrons. The van der Waals surface area contributed by atoms with Crippen LogP contribution in [0, 0.1) is 5.92 Å². The molecule has 1 aromatic carbocycles. The molecule has 0 bridgehead atoms. The molecule has 1 saturated carbocycles. The smallest absolute Gasteiger partial charge is 0.113 e. The highest BCUT2D eigenvalue weighted by Crippen LogP contribution is 2.29. The molecule has 0 unspecified atom stereocenters. The summed E-state index contributed by atoms with van der Waals surface area (Å²) in [5.74, 6) is 0.684. The molecule has 0 saturated heterocycles. The van der Waals surface area contributed by atoms with Crippen LogP contribution < -0.4 is 5.32 Å². The lowest BCUT2D eigenvalue weighted by Gasteiger charge is -2.15. The van der Waals surface area contributed by atoms with Gasteiger partial charge in [-0.3, -0.25) is 0 Å². The van der Waals surface area contributed by atoms with Gasteiger partial charge in [-0.15, -0.1) is 5.47 Å². The molecule has 0 atom stereocenters. The van der Waals surface area contributed by atoms with Gasteiger partial charge in [0.05, 0.1) is 0 Å². The third-order valence-electron chi connectivity index (χ3n) is 4.29. The van der Waals surface area contributed by atoms with Crippen molar-refractivity contribution in [1.82, 2.24) is 0 Å². The number of anilines is 1. The van der Waals surface area contributed by atoms with Gasteiger partial charge in [0.15, 0.2) is 0 Å². The second-order valence-corrected chi connectivity index (χ2v) is 5.94. The molecule has 122 valence electrons. The molecule has 0 aromatic heterocycles. The lowest BCUT2D eigenvalue weighted by atomic mass is 9.86. The van der Waals surface area contributed by atoms with E-state index in [0.717, 1.165) is 11.2 Å². The monoisotopic (exact) mass is 307 g/mol. The van der Waals surface area contributed by atoms with Crippen molar-refractivity contribution in [2.24, 2.45) is 5.92 Å². The molecule has 0 heterocycles. The maximum Gasteiger partial charge on any atom is 0.113 e. The highest BCUT2D eigenvalue weighted by molar-refractivity contribution is 6.23. The number of benzene rings is 1. The van der Waals surface area contributed by atoms with Gasteiger partial charge in [0.25, 0.3) is 0 Å². The largest absolute Gasteiger partial charge is 0.388 e. The summed E-state index contributed by atoms with van der Waals surface area (Å²) < 4.78 is 0. The van der Waals surface area contributed by atoms with Crippen LogP contribution in [-0.2, 0) is 0 Å². The zero-order valence-electron chi connectivity index (χ0n) is 14.7. The van der Waals surface area contributed by atoms with Crippen molar-refractivity contribution in [3.05, 3.63) is 66.2 Å². The highest BCUT2D eigenvalue weighted by Gasteiger charge is 2.14. The summed E-state index contributed by atoms with van der Waals surface area (Å²) in [5, 5.41) is 3.03. The summed E-state index contributed by atoms with van der Waals surface area (Å²) in [6.07, 6.45) is 14.1. The van der Waals surface area contributed by atoms with E-state index in [9.17, 15) is 0 Å². The molecule has 0 aliphatic heterocycles. The minimum absolute atomic E-state index is 0.684. The van der Waals surface area contributed by atoms with Gasteiger partial charge in [0, 0.05) is 12.7 Å². The summed E-state index contributed by atoms with van der Waals surface area (Å²) >= 11 is 0. The van der Waals surface area contributed by atoms with Crippen LogP contribution in [0.3, 0.4) is 0 Å². The lowest BCUT2D eigenvalue weighted by molar-refractivity contribution is 0.540. The number of nitrogens with one attached hydrogen (secondary N) is 1. The van der Waals surface area contributed by atoms with Crippen molar-refractivity contribution < 1.29 is 0 Å². The first-order valence-corrected chi connectivity index (χ1v) is 8.69. The molecule has 1 fully saturated rings. The molecule has 1 aromatic rings. The lowest BCUT2D eigenvalue weighted by Crippen LogP contribution is -2.01. The molecule has 1 aliphatic rings. The Labute approximate surface area is 144 Å². The molecule has 1 nitrogen and oxygen atoms in total. The van der Waals surface area contributed by atoms with Gasteiger partial charge < -0.3 is 5.32 Å². The minimum Gasteiger partial charge on any atom is -0.388 e. The maximum atomic E-state index is 5.83. The van der Waals surface area contributed by atoms with Crippen LogP contribution in [0.4, 0.5) is 5.69 Å². The maximum absolute atomic E-state index is 5.83. The Balaban J connectivity index is 0.000000277. The molecular weight excluding hydrogens is 277 g/mol. The van der Waals surface area contributed by atoms with Crippen LogP contribution >= 0.6 is 0 Å². The molecule has 2 rings (SSSR count). The average Bonchev–Trinajstić information content (AvgIpc) is 2.90. The van der Waals surface area contributed by atoms with Crippen molar-refractivity contribution in [1.29, 1.82) is 0 Å². The van der Waals surface area contributed by atoms with Gasteiger partial charge in [0.2, 0.25) is 0 Å². The van der Waals surface area contributed by atoms with Gasteiger partial charge in [0.1, 0.15) is 7.85 Å². The third-order valence-corrected chi connectivity index (χ3v) is 4.29. The van der Waals surface area contributed by atoms with E-state index in [2.05, 4.69) is 18.0 Å². The Morgan fingerprint density at radius 2 is 1.74 bits per heavy atom. The normalized spacial score (nSPS) is 16.8. The van der Waals surface area contributed by atoms with Gasteiger partial charge >= 0.3 is 0 Å². The van der Waals surface area contributed by atoms with E-state index in [4.69, 9.17) is 7.85 Å². The first-order valence-electron chi connectivity index (χ1n) is 8.69. The number of rotatable bonds is 4. The number of allylic oxidation sites excluding steroid dienone is 5. The molecule has 0 spiro atoms. The number of para-hydroxylation sites is 1. The topological polar surface area (TPSA) is 12.0 Å². The van der Waals surface area contributed by atoms with Gasteiger partial charge in [-0.2, -0.15) is 0 Å². The van der Waals surface area contributed by atoms with Crippen LogP contribution in [0.1, 0.15) is 45.4 Å². The summed E-state index contributed by atoms with van der Waals surface area (Å²) in [6, 6.07) is 10.1. The Morgan fingerprint density at radius 3 is 2.17 bits per heavy atom. The predicted octanol–water partition coefficient (Wildman–Crippen LogP) is 5.87. The van der Waals surface area contributed by atoms with E-state index >= 15 is 0 Å². The second kappa shape index (κ2) is 11.8. The quantitative estimate of drug-likeness (QED) is 0.417. The van der Waals surface area contributed by atoms with Crippen molar-refractivity contribution in [3.8, 4) is 0 Å². The van der Waals surface area contributed by atoms with Crippen LogP contribution in [0.25, 0.3) is 0 Å².